The molecule has 0 heterocycles. The lowest BCUT2D eigenvalue weighted by molar-refractivity contribution is -0.166. The highest BCUT2D eigenvalue weighted by atomic mass is 31.1. The Kier molecular flexibility index (Phi) is 3.86. The van der Waals surface area contributed by atoms with Gasteiger partial charge in [-0.2, -0.15) is 0 Å². The van der Waals surface area contributed by atoms with Crippen molar-refractivity contribution in [3.05, 3.63) is 66.2 Å². The van der Waals surface area contributed by atoms with E-state index in [9.17, 15) is 9.46 Å². The third-order valence-electron chi connectivity index (χ3n) is 2.40. The van der Waals surface area contributed by atoms with Crippen molar-refractivity contribution in [1.29, 1.82) is 0 Å². The van der Waals surface area contributed by atoms with Crippen LogP contribution < -0.4 is 10.2 Å². The van der Waals surface area contributed by atoms with Gasteiger partial charge in [0.05, 0.1) is 0 Å². The minimum absolute atomic E-state index is 0.686. The largest absolute Gasteiger partial charge is 0.594 e. The molecule has 2 atom stereocenters. The van der Waals surface area contributed by atoms with Crippen LogP contribution in [0.2, 0.25) is 0 Å². The first-order valence-electron chi connectivity index (χ1n) is 5.27. The van der Waals surface area contributed by atoms with Gasteiger partial charge in [-0.25, -0.2) is 0 Å². The Morgan fingerprint density at radius 3 is 2.00 bits per heavy atom. The van der Waals surface area contributed by atoms with Crippen LogP contribution in [-0.4, -0.2) is 0 Å². The monoisotopic (exact) mass is 245 g/mol. The second-order valence-electron chi connectivity index (χ2n) is 3.61. The molecular weight excluding hydrogens is 233 g/mol. The number of anilines is 1. The molecule has 0 aromatic heterocycles. The first-order chi connectivity index (χ1) is 8.27. The Morgan fingerprint density at radius 2 is 1.47 bits per heavy atom. The van der Waals surface area contributed by atoms with Crippen LogP contribution in [0.3, 0.4) is 0 Å². The third kappa shape index (κ3) is 3.13. The molecule has 2 rings (SSSR count). The van der Waals surface area contributed by atoms with Crippen molar-refractivity contribution in [3.8, 4) is 0 Å². The van der Waals surface area contributed by atoms with Gasteiger partial charge in [-0.3, -0.25) is 0 Å². The topological polar surface area (TPSA) is 52.2 Å². The minimum Gasteiger partial charge on any atom is -0.594 e. The van der Waals surface area contributed by atoms with E-state index >= 15 is 0 Å². The summed E-state index contributed by atoms with van der Waals surface area (Å²) in [6.45, 7) is 0. The summed E-state index contributed by atoms with van der Waals surface area (Å²) in [6, 6.07) is 18.4. The zero-order valence-electron chi connectivity index (χ0n) is 9.11. The predicted molar refractivity (Wildman–Crippen MR) is 66.9 cm³/mol. The maximum Gasteiger partial charge on any atom is 0.339 e. The van der Waals surface area contributed by atoms with Gasteiger partial charge in [0.15, 0.2) is 0 Å². The first kappa shape index (κ1) is 11.8. The van der Waals surface area contributed by atoms with Crippen molar-refractivity contribution in [2.45, 2.75) is 5.78 Å². The molecule has 0 radical (unpaired) electrons. The zero-order valence-corrected chi connectivity index (χ0v) is 10.0. The van der Waals surface area contributed by atoms with Gasteiger partial charge in [-0.15, -0.1) is 0 Å². The summed E-state index contributed by atoms with van der Waals surface area (Å²) >= 11 is 0. The van der Waals surface area contributed by atoms with Crippen LogP contribution in [0, 0.1) is 0 Å². The number of nitrogens with one attached hydrogen (secondary N) is 1. The summed E-state index contributed by atoms with van der Waals surface area (Å²) in [7, 11) is -2.57. The molecule has 0 saturated heterocycles. The quantitative estimate of drug-likeness (QED) is 0.842. The average Bonchev–Trinajstić information content (AvgIpc) is 2.38. The van der Waals surface area contributed by atoms with Crippen LogP contribution in [-0.2, 0) is 4.57 Å². The fourth-order valence-electron chi connectivity index (χ4n) is 1.59. The van der Waals surface area contributed by atoms with Gasteiger partial charge in [0.25, 0.3) is 0 Å². The summed E-state index contributed by atoms with van der Waals surface area (Å²) in [5.41, 5.74) is 1.54. The van der Waals surface area contributed by atoms with E-state index in [1.54, 1.807) is 12.1 Å². The predicted octanol–water partition coefficient (Wildman–Crippen LogP) is 2.90. The molecule has 2 aromatic carbocycles. The van der Waals surface area contributed by atoms with Crippen molar-refractivity contribution in [2.75, 3.05) is 5.32 Å². The second kappa shape index (κ2) is 5.58. The van der Waals surface area contributed by atoms with E-state index in [4.69, 9.17) is 0 Å². The van der Waals surface area contributed by atoms with Crippen molar-refractivity contribution >= 4 is 13.7 Å². The van der Waals surface area contributed by atoms with E-state index in [1.165, 1.54) is 0 Å². The Bertz CT molecular complexity index is 487. The Morgan fingerprint density at radius 1 is 0.941 bits per heavy atom. The number of hydrogen-bond acceptors (Lipinski definition) is 3. The van der Waals surface area contributed by atoms with E-state index in [1.807, 2.05) is 48.5 Å². The fraction of sp³-hybridized carbons (Fsp3) is 0.0769. The number of hydrogen-bond donors (Lipinski definition) is 1. The summed E-state index contributed by atoms with van der Waals surface area (Å²) in [4.78, 5) is 11.3. The van der Waals surface area contributed by atoms with E-state index in [2.05, 4.69) is 5.32 Å². The Hall–Kier alpha value is -1.70. The van der Waals surface area contributed by atoms with Crippen LogP contribution >= 0.6 is 8.03 Å². The number of benzene rings is 2. The molecule has 4 heteroatoms. The molecule has 0 aliphatic carbocycles. The summed E-state index contributed by atoms with van der Waals surface area (Å²) in [6.07, 6.45) is 0. The molecule has 0 saturated carbocycles. The third-order valence-corrected chi connectivity index (χ3v) is 3.25. The van der Waals surface area contributed by atoms with Gasteiger partial charge in [0.2, 0.25) is 5.78 Å². The molecule has 0 spiro atoms. The highest BCUT2D eigenvalue weighted by Gasteiger charge is 2.23. The van der Waals surface area contributed by atoms with E-state index in [0.717, 1.165) is 11.3 Å². The zero-order chi connectivity index (χ0) is 12.1. The smallest absolute Gasteiger partial charge is 0.339 e. The molecule has 1 N–H and O–H groups in total. The molecule has 3 nitrogen and oxygen atoms in total. The van der Waals surface area contributed by atoms with E-state index < -0.39 is 13.8 Å². The second-order valence-corrected chi connectivity index (χ2v) is 4.70. The number of rotatable bonds is 4. The molecule has 0 aliphatic rings. The lowest BCUT2D eigenvalue weighted by Gasteiger charge is -2.12. The molecule has 2 unspecified atom stereocenters. The molecule has 17 heavy (non-hydrogen) atoms. The summed E-state index contributed by atoms with van der Waals surface area (Å²) < 4.78 is 11.3. The summed E-state index contributed by atoms with van der Waals surface area (Å²) in [5, 5.41) is 3.00. The standard InChI is InChI=1S/C13H12NO2P/c15-17(16)13(11-7-3-1-4-8-11)14-12-9-5-2-6-10-12/h1-10,13-14H. The van der Waals surface area contributed by atoms with Crippen molar-refractivity contribution in [1.82, 2.24) is 0 Å². The lowest BCUT2D eigenvalue weighted by atomic mass is 10.2. The molecule has 0 aliphatic heterocycles. The van der Waals surface area contributed by atoms with Crippen LogP contribution in [0.5, 0.6) is 0 Å². The van der Waals surface area contributed by atoms with Gasteiger partial charge in [-0.05, 0) is 12.1 Å². The van der Waals surface area contributed by atoms with Crippen molar-refractivity contribution in [2.24, 2.45) is 0 Å². The Labute approximate surface area is 101 Å². The summed E-state index contributed by atoms with van der Waals surface area (Å²) in [5.74, 6) is -0.686. The SMILES string of the molecule is O=[P+]([O-])C(Nc1ccccc1)c1ccccc1. The molecule has 0 amide bonds. The van der Waals surface area contributed by atoms with Crippen LogP contribution in [0.15, 0.2) is 60.7 Å². The lowest BCUT2D eigenvalue weighted by Crippen LogP contribution is -2.10. The van der Waals surface area contributed by atoms with Gasteiger partial charge in [0.1, 0.15) is 0 Å². The van der Waals surface area contributed by atoms with Gasteiger partial charge in [0, 0.05) is 11.3 Å². The van der Waals surface area contributed by atoms with Gasteiger partial charge >= 0.3 is 8.03 Å². The van der Waals surface area contributed by atoms with Crippen LogP contribution in [0.25, 0.3) is 0 Å². The maximum atomic E-state index is 11.3. The molecular formula is C13H12NO2P. The number of para-hydroxylation sites is 1. The highest BCUT2D eigenvalue weighted by molar-refractivity contribution is 7.37. The molecule has 0 fully saturated rings. The average molecular weight is 245 g/mol. The van der Waals surface area contributed by atoms with Crippen molar-refractivity contribution < 1.29 is 9.46 Å². The normalized spacial score (nSPS) is 12.9. The molecule has 86 valence electrons. The first-order valence-corrected chi connectivity index (χ1v) is 6.52. The molecule has 0 bridgehead atoms. The molecule has 2 aromatic rings. The van der Waals surface area contributed by atoms with Crippen LogP contribution in [0.1, 0.15) is 11.3 Å². The van der Waals surface area contributed by atoms with Gasteiger partial charge in [-0.1, -0.05) is 53.1 Å². The van der Waals surface area contributed by atoms with Gasteiger partial charge < -0.3 is 10.2 Å². The maximum absolute atomic E-state index is 11.3. The van der Waals surface area contributed by atoms with Crippen LogP contribution in [0.4, 0.5) is 5.69 Å². The minimum atomic E-state index is -2.57. The fourth-order valence-corrected chi connectivity index (χ4v) is 2.26. The van der Waals surface area contributed by atoms with E-state index in [-0.39, 0.29) is 0 Å². The Balaban J connectivity index is 2.23. The van der Waals surface area contributed by atoms with E-state index in [0.29, 0.717) is 0 Å². The van der Waals surface area contributed by atoms with Crippen molar-refractivity contribution in [3.63, 3.8) is 0 Å². The highest BCUT2D eigenvalue weighted by Crippen LogP contribution is 2.34.